The summed E-state index contributed by atoms with van der Waals surface area (Å²) in [5.41, 5.74) is 9.01. The van der Waals surface area contributed by atoms with E-state index in [0.29, 0.717) is 49.5 Å². The van der Waals surface area contributed by atoms with E-state index in [0.717, 1.165) is 28.5 Å². The second-order valence-corrected chi connectivity index (χ2v) is 32.8. The van der Waals surface area contributed by atoms with Crippen LogP contribution in [0.25, 0.3) is 11.1 Å². The molecule has 40 heteroatoms. The number of phenolic OH excluding ortho intramolecular Hbond substituents is 1. The molecule has 1 saturated heterocycles. The highest BCUT2D eigenvalue weighted by atomic mass is 32.2. The fourth-order valence-corrected chi connectivity index (χ4v) is 14.4. The zero-order chi connectivity index (χ0) is 93.2. The van der Waals surface area contributed by atoms with Crippen molar-refractivity contribution in [3.63, 3.8) is 0 Å². The number of nitrogens with zero attached hydrogens (tertiary/aromatic N) is 1. The maximum Gasteiger partial charge on any atom is 0.305 e. The molecule has 13 atom stereocenters. The van der Waals surface area contributed by atoms with Gasteiger partial charge >= 0.3 is 17.9 Å². The first-order valence-corrected chi connectivity index (χ1v) is 43.3. The maximum atomic E-state index is 15.3. The van der Waals surface area contributed by atoms with Gasteiger partial charge in [0.15, 0.2) is 5.96 Å². The Balaban J connectivity index is 1.44. The lowest BCUT2D eigenvalue weighted by atomic mass is 9.97. The number of thioether (sulfide) groups is 1. The topological polar surface area (TPSA) is 618 Å². The predicted octanol–water partition coefficient (Wildman–Crippen LogP) is 0.851. The lowest BCUT2D eigenvalue weighted by Crippen LogP contribution is -2.62. The molecule has 1 aliphatic rings. The van der Waals surface area contributed by atoms with Gasteiger partial charge in [0.25, 0.3) is 0 Å². The molecule has 1 aliphatic heterocycles. The van der Waals surface area contributed by atoms with Crippen molar-refractivity contribution in [2.24, 2.45) is 17.6 Å². The zero-order valence-corrected chi connectivity index (χ0v) is 72.6. The molecule has 1 aromatic heterocycles. The lowest BCUT2D eigenvalue weighted by Gasteiger charge is -2.30. The second-order valence-electron chi connectivity index (χ2n) is 31.8. The number of aromatic hydroxyl groups is 1. The Morgan fingerprint density at radius 3 is 1.41 bits per heavy atom. The summed E-state index contributed by atoms with van der Waals surface area (Å²) in [5, 5.41) is 84.1. The van der Waals surface area contributed by atoms with Crippen LogP contribution in [0, 0.1) is 17.2 Å². The van der Waals surface area contributed by atoms with Gasteiger partial charge in [-0.05, 0) is 110 Å². The van der Waals surface area contributed by atoms with Crippen molar-refractivity contribution in [3.05, 3.63) is 144 Å². The van der Waals surface area contributed by atoms with E-state index >= 15 is 14.4 Å². The molecule has 39 nitrogen and oxygen atoms in total. The lowest BCUT2D eigenvalue weighted by molar-refractivity contribution is -0.142. The van der Waals surface area contributed by atoms with Crippen LogP contribution in [0.4, 0.5) is 0 Å². The van der Waals surface area contributed by atoms with Gasteiger partial charge in [0, 0.05) is 44.2 Å². The molecular formula is C87H118N18O21S. The third kappa shape index (κ3) is 36.8. The Morgan fingerprint density at radius 2 is 0.921 bits per heavy atom. The van der Waals surface area contributed by atoms with Gasteiger partial charge in [0.2, 0.25) is 76.8 Å². The molecule has 0 spiro atoms. The van der Waals surface area contributed by atoms with Crippen molar-refractivity contribution in [3.8, 4) is 16.9 Å². The molecule has 1 fully saturated rings. The molecule has 6 rings (SSSR count). The quantitative estimate of drug-likeness (QED) is 0.0127. The summed E-state index contributed by atoms with van der Waals surface area (Å²) in [4.78, 5) is 248. The smallest absolute Gasteiger partial charge is 0.305 e. The molecular weight excluding hydrogens is 1670 g/mol. The number of amides is 13. The van der Waals surface area contributed by atoms with E-state index in [9.17, 15) is 87.5 Å². The molecule has 2 heterocycles. The number of carboxylic acids is 3. The van der Waals surface area contributed by atoms with Crippen molar-refractivity contribution in [1.82, 2.24) is 84.4 Å². The Labute approximate surface area is 739 Å². The molecule has 0 radical (unpaired) electrons. The van der Waals surface area contributed by atoms with Crippen molar-refractivity contribution in [2.75, 3.05) is 18.1 Å². The van der Waals surface area contributed by atoms with E-state index in [1.54, 1.807) is 38.1 Å². The number of carbonyl (C=O) groups excluding carboxylic acids is 14. The number of hydrogen-bond donors (Lipinski definition) is 21. The van der Waals surface area contributed by atoms with Gasteiger partial charge in [0.1, 0.15) is 84.5 Å². The number of rotatable bonds is 31. The Bertz CT molecular complexity index is 4550. The van der Waals surface area contributed by atoms with Crippen LogP contribution in [-0.2, 0) is 107 Å². The van der Waals surface area contributed by atoms with E-state index in [4.69, 9.17) is 11.1 Å². The van der Waals surface area contributed by atoms with Crippen molar-refractivity contribution >= 4 is 119 Å². The SMILES string of the molecule is CCCCC[C@@H]1NC(=O)[C@H](CCCNC(=N)N)NC(=O)[C@H](C)NC(=O)CSC[C@@H](C=O)NC(=O)[C@H](CC(=O)O)NC(=O)[C@H](CCCCc2ccccc2)NC(=O)[C@H](Cc2ccc(-c3ccccc3)cc2)NC(=O)[C@H](CC(C)C)NC(=O)[C@H](C(C)C)NC(=O)[C@H](CCC(=O)O)NC(=O)[C@H](CC(=O)O)NC(=O)[C@H](Cc2c[nH]cn2)NC(=O)[C@H](Cc2ccc(O)cc2)NC1=O. The van der Waals surface area contributed by atoms with Crippen molar-refractivity contribution in [1.29, 1.82) is 5.41 Å². The number of H-pyrrole nitrogens is 1. The first kappa shape index (κ1) is 102. The number of aromatic nitrogens is 2. The number of carbonyl (C=O) groups is 17. The number of hydrogen-bond acceptors (Lipinski definition) is 21. The minimum Gasteiger partial charge on any atom is -0.508 e. The van der Waals surface area contributed by atoms with Crippen molar-refractivity contribution < 1.29 is 102 Å². The highest BCUT2D eigenvalue weighted by Crippen LogP contribution is 2.22. The fourth-order valence-electron chi connectivity index (χ4n) is 13.6. The number of carboxylic acid groups (broad SMARTS) is 3. The van der Waals surface area contributed by atoms with Gasteiger partial charge in [-0.2, -0.15) is 0 Å². The molecule has 0 saturated carbocycles. The monoisotopic (exact) mass is 1780 g/mol. The number of phenols is 1. The Kier molecular flexibility index (Phi) is 42.9. The Morgan fingerprint density at radius 1 is 0.488 bits per heavy atom. The largest absolute Gasteiger partial charge is 0.508 e. The predicted molar refractivity (Wildman–Crippen MR) is 467 cm³/mol. The van der Waals surface area contributed by atoms with Crippen LogP contribution in [0.3, 0.4) is 0 Å². The van der Waals surface area contributed by atoms with Crippen LogP contribution in [0.15, 0.2) is 122 Å². The van der Waals surface area contributed by atoms with Crippen LogP contribution >= 0.6 is 11.8 Å². The zero-order valence-electron chi connectivity index (χ0n) is 71.8. The number of benzene rings is 4. The summed E-state index contributed by atoms with van der Waals surface area (Å²) in [6.07, 6.45) is 0.0988. The summed E-state index contributed by atoms with van der Waals surface area (Å²) >= 11 is 0.795. The molecule has 0 unspecified atom stereocenters. The second kappa shape index (κ2) is 53.1. The number of aryl methyl sites for hydroxylation is 1. The highest BCUT2D eigenvalue weighted by Gasteiger charge is 2.40. The average Bonchev–Trinajstić information content (AvgIpc) is 1.20. The van der Waals surface area contributed by atoms with E-state index in [-0.39, 0.29) is 75.1 Å². The van der Waals surface area contributed by atoms with Gasteiger partial charge in [-0.3, -0.25) is 82.1 Å². The number of guanidine groups is 1. The third-order valence-corrected chi connectivity index (χ3v) is 21.5. The first-order valence-electron chi connectivity index (χ1n) is 42.1. The van der Waals surface area contributed by atoms with Crippen LogP contribution in [0.5, 0.6) is 5.75 Å². The summed E-state index contributed by atoms with van der Waals surface area (Å²) < 4.78 is 0. The molecule has 4 aromatic carbocycles. The number of unbranched alkanes of at least 4 members (excludes halogenated alkanes) is 3. The highest BCUT2D eigenvalue weighted by molar-refractivity contribution is 8.00. The van der Waals surface area contributed by atoms with Crippen LogP contribution in [-0.4, -0.2) is 234 Å². The average molecular weight is 1780 g/mol. The normalized spacial score (nSPS) is 22.7. The molecule has 0 aliphatic carbocycles. The van der Waals surface area contributed by atoms with Crippen LogP contribution in [0.1, 0.15) is 154 Å². The van der Waals surface area contributed by atoms with Gasteiger partial charge in [-0.25, -0.2) is 4.98 Å². The molecule has 5 aromatic rings. The number of nitrogens with two attached hydrogens (primary N) is 1. The third-order valence-electron chi connectivity index (χ3n) is 20.5. The minimum absolute atomic E-state index is 0.0114. The van der Waals surface area contributed by atoms with Crippen molar-refractivity contribution in [2.45, 2.75) is 236 Å². The molecule has 127 heavy (non-hydrogen) atoms. The number of aromatic amines is 1. The van der Waals surface area contributed by atoms with Gasteiger partial charge in [0.05, 0.1) is 36.7 Å². The standard InChI is InChI=1S/C87H118N18O21S/c1-7-8-11-24-60-77(117)99-66(40-54-29-33-59(107)34-30-54)83(123)101-67(41-57-44-90-48-92-57)84(124)103-69(43-73(113)114)85(125)98-63(35-36-71(109)110)79(119)105-74(50(4)5)86(126)104-64(38-49(2)3)81(121)100-65(39-53-27-31-56(32-28-53)55-22-14-10-15-23-55)82(122)97-61(25-17-16-21-52-19-12-9-13-20-52)78(118)102-68(42-72(111)112)80(120)94-58(45-106)46-127-47-70(108)93-51(6)75(115)95-62(76(116)96-60)26-18-37-91-87(88)89/h9-10,12-15,19-20,22-23,27-34,44-45,48-51,58,60-69,74,107H,7-8,11,16-18,21,24-26,35-43,46-47H2,1-6H3,(H,90,92)(H,93,108)(H,94,120)(H,95,115)(H,96,116)(H,97,122)(H,98,125)(H,99,117)(H,100,121)(H,101,123)(H,102,118)(H,103,124)(H,104,126)(H,105,119)(H,109,110)(H,111,112)(H,113,114)(H4,88,89,91)/t51-,58+,60-,61-,62-,63-,64-,65-,66-,67-,68-,69-,74-/m0/s1. The summed E-state index contributed by atoms with van der Waals surface area (Å²) in [6, 6.07) is 9.32. The Hall–Kier alpha value is -13.3. The fraction of sp³-hybridized carbons (Fsp3) is 0.483. The van der Waals surface area contributed by atoms with E-state index in [2.05, 4.69) is 84.4 Å². The number of aliphatic carboxylic acids is 3. The van der Waals surface area contributed by atoms with E-state index in [1.807, 2.05) is 67.6 Å². The summed E-state index contributed by atoms with van der Waals surface area (Å²) in [6.45, 7) is 9.59. The molecule has 13 amide bonds. The molecule has 688 valence electrons. The van der Waals surface area contributed by atoms with Gasteiger partial charge in [-0.1, -0.05) is 157 Å². The van der Waals surface area contributed by atoms with Crippen LogP contribution < -0.4 is 80.2 Å². The number of imidazole rings is 1. The molecule has 0 bridgehead atoms. The van der Waals surface area contributed by atoms with E-state index in [1.165, 1.54) is 57.6 Å². The maximum absolute atomic E-state index is 15.3. The summed E-state index contributed by atoms with van der Waals surface area (Å²) in [5.74, 6) is -21.1. The minimum atomic E-state index is -2.14. The van der Waals surface area contributed by atoms with Crippen LogP contribution in [0.2, 0.25) is 0 Å². The number of nitrogens with one attached hydrogen (secondary N) is 16. The van der Waals surface area contributed by atoms with Gasteiger partial charge < -0.3 is 110 Å². The first-order chi connectivity index (χ1) is 60.5. The molecule has 22 N–H and O–H groups in total. The van der Waals surface area contributed by atoms with Gasteiger partial charge in [-0.15, -0.1) is 11.8 Å². The summed E-state index contributed by atoms with van der Waals surface area (Å²) in [7, 11) is 0. The van der Waals surface area contributed by atoms with E-state index < -0.39 is 229 Å². The number of aldehydes is 1.